The van der Waals surface area contributed by atoms with Crippen LogP contribution in [0.1, 0.15) is 90.4 Å². The fourth-order valence-electron chi connectivity index (χ4n) is 2.48. The molecule has 1 atom stereocenters. The van der Waals surface area contributed by atoms with Gasteiger partial charge in [-0.25, -0.2) is 0 Å². The number of aliphatic hydroxyl groups excluding tert-OH is 1. The largest absolute Gasteiger partial charge is 0.393 e. The molecule has 0 aliphatic heterocycles. The number of aliphatic hydroxyl groups is 2. The van der Waals surface area contributed by atoms with Crippen LogP contribution in [0.3, 0.4) is 0 Å². The lowest BCUT2D eigenvalue weighted by Gasteiger charge is -2.22. The highest BCUT2D eigenvalue weighted by Gasteiger charge is 2.23. The van der Waals surface area contributed by atoms with Crippen LogP contribution in [0.15, 0.2) is 0 Å². The Kier molecular flexibility index (Phi) is 14.3. The molecule has 0 amide bonds. The summed E-state index contributed by atoms with van der Waals surface area (Å²) < 4.78 is 0. The van der Waals surface area contributed by atoms with E-state index in [4.69, 9.17) is 16.7 Å². The molecule has 3 heteroatoms. The molecule has 0 rings (SSSR count). The molecule has 122 valence electrons. The highest BCUT2D eigenvalue weighted by Crippen LogP contribution is 2.18. The fourth-order valence-corrected chi connectivity index (χ4v) is 2.70. The van der Waals surface area contributed by atoms with Crippen molar-refractivity contribution < 1.29 is 10.2 Å². The maximum Gasteiger partial charge on any atom is 0.101 e. The number of alkyl halides is 1. The number of hydrogen-bond donors (Lipinski definition) is 2. The Bertz CT molecular complexity index is 193. The third kappa shape index (κ3) is 12.0. The van der Waals surface area contributed by atoms with Crippen LogP contribution in [0.4, 0.5) is 0 Å². The van der Waals surface area contributed by atoms with Crippen molar-refractivity contribution in [2.75, 3.05) is 12.5 Å². The average Bonchev–Trinajstić information content (AvgIpc) is 2.48. The van der Waals surface area contributed by atoms with Crippen molar-refractivity contribution in [1.29, 1.82) is 0 Å². The number of rotatable bonds is 15. The minimum absolute atomic E-state index is 0.127. The summed E-state index contributed by atoms with van der Waals surface area (Å²) in [6, 6.07) is 0. The maximum absolute atomic E-state index is 9.81. The van der Waals surface area contributed by atoms with Crippen LogP contribution in [0.5, 0.6) is 0 Å². The molecule has 2 nitrogen and oxygen atoms in total. The lowest BCUT2D eigenvalue weighted by Crippen LogP contribution is -2.35. The van der Waals surface area contributed by atoms with Gasteiger partial charge in [-0.3, -0.25) is 0 Å². The van der Waals surface area contributed by atoms with E-state index in [2.05, 4.69) is 6.92 Å². The lowest BCUT2D eigenvalue weighted by molar-refractivity contribution is -0.00388. The first-order valence-electron chi connectivity index (χ1n) is 8.57. The molecule has 0 heterocycles. The van der Waals surface area contributed by atoms with E-state index in [1.54, 1.807) is 0 Å². The van der Waals surface area contributed by atoms with Gasteiger partial charge in [-0.1, -0.05) is 84.0 Å². The first kappa shape index (κ1) is 20.2. The van der Waals surface area contributed by atoms with Gasteiger partial charge in [0.05, 0.1) is 12.5 Å². The molecule has 0 radical (unpaired) electrons. The van der Waals surface area contributed by atoms with Crippen molar-refractivity contribution in [3.63, 3.8) is 0 Å². The van der Waals surface area contributed by atoms with Gasteiger partial charge in [0.25, 0.3) is 0 Å². The third-order valence-corrected chi connectivity index (χ3v) is 4.54. The van der Waals surface area contributed by atoms with E-state index in [1.165, 1.54) is 64.2 Å². The first-order chi connectivity index (χ1) is 9.68. The molecule has 20 heavy (non-hydrogen) atoms. The molecular weight excluding hydrogens is 272 g/mol. The Balaban J connectivity index is 3.17. The van der Waals surface area contributed by atoms with Crippen molar-refractivity contribution in [1.82, 2.24) is 0 Å². The van der Waals surface area contributed by atoms with Crippen molar-refractivity contribution in [2.24, 2.45) is 0 Å². The summed E-state index contributed by atoms with van der Waals surface area (Å²) in [5.41, 5.74) is -1.06. The minimum Gasteiger partial charge on any atom is -0.393 e. The van der Waals surface area contributed by atoms with E-state index in [0.717, 1.165) is 12.8 Å². The summed E-state index contributed by atoms with van der Waals surface area (Å²) in [4.78, 5) is 0. The van der Waals surface area contributed by atoms with Gasteiger partial charge in [0.2, 0.25) is 0 Å². The zero-order valence-corrected chi connectivity index (χ0v) is 14.1. The normalized spacial score (nSPS) is 14.4. The van der Waals surface area contributed by atoms with Crippen LogP contribution < -0.4 is 0 Å². The van der Waals surface area contributed by atoms with E-state index in [1.807, 2.05) is 0 Å². The SMILES string of the molecule is CCCCCCCCCCCCCC[C@](O)(CO)CCl. The predicted molar refractivity (Wildman–Crippen MR) is 88.5 cm³/mol. The minimum atomic E-state index is -1.06. The van der Waals surface area contributed by atoms with Gasteiger partial charge in [-0.2, -0.15) is 0 Å². The van der Waals surface area contributed by atoms with Gasteiger partial charge in [0, 0.05) is 0 Å². The molecule has 0 saturated carbocycles. The molecule has 0 fully saturated rings. The second-order valence-electron chi connectivity index (χ2n) is 6.16. The fraction of sp³-hybridized carbons (Fsp3) is 1.00. The van der Waals surface area contributed by atoms with E-state index in [9.17, 15) is 5.11 Å². The Morgan fingerprint density at radius 2 is 1.15 bits per heavy atom. The molecule has 2 N–H and O–H groups in total. The molecular formula is C17H35ClO2. The van der Waals surface area contributed by atoms with Crippen molar-refractivity contribution in [2.45, 2.75) is 96.0 Å². The Morgan fingerprint density at radius 1 is 0.750 bits per heavy atom. The Labute approximate surface area is 130 Å². The standard InChI is InChI=1S/C17H35ClO2/c1-2-3-4-5-6-7-8-9-10-11-12-13-14-17(20,15-18)16-19/h19-20H,2-16H2,1H3/t17-/m1/s1. The van der Waals surface area contributed by atoms with Crippen molar-refractivity contribution in [3.8, 4) is 0 Å². The molecule has 0 bridgehead atoms. The summed E-state index contributed by atoms with van der Waals surface area (Å²) >= 11 is 5.64. The number of unbranched alkanes of at least 4 members (excludes halogenated alkanes) is 11. The Morgan fingerprint density at radius 3 is 1.50 bits per heavy atom. The summed E-state index contributed by atoms with van der Waals surface area (Å²) in [6.45, 7) is 2.03. The van der Waals surface area contributed by atoms with Gasteiger partial charge in [0.1, 0.15) is 5.60 Å². The molecule has 0 unspecified atom stereocenters. The van der Waals surface area contributed by atoms with E-state index >= 15 is 0 Å². The van der Waals surface area contributed by atoms with Gasteiger partial charge >= 0.3 is 0 Å². The van der Waals surface area contributed by atoms with Crippen LogP contribution in [0.25, 0.3) is 0 Å². The van der Waals surface area contributed by atoms with E-state index in [-0.39, 0.29) is 12.5 Å². The molecule has 0 aliphatic rings. The Hall–Kier alpha value is 0.210. The van der Waals surface area contributed by atoms with Crippen LogP contribution in [-0.2, 0) is 0 Å². The highest BCUT2D eigenvalue weighted by molar-refractivity contribution is 6.18. The predicted octanol–water partition coefficient (Wildman–Crippen LogP) is 5.04. The monoisotopic (exact) mass is 306 g/mol. The van der Waals surface area contributed by atoms with Crippen molar-refractivity contribution >= 4 is 11.6 Å². The third-order valence-electron chi connectivity index (χ3n) is 4.04. The van der Waals surface area contributed by atoms with E-state index < -0.39 is 5.60 Å². The second-order valence-corrected chi connectivity index (χ2v) is 6.42. The van der Waals surface area contributed by atoms with Gasteiger partial charge in [-0.15, -0.1) is 11.6 Å². The molecule has 0 aromatic carbocycles. The quantitative estimate of drug-likeness (QED) is 0.329. The molecule has 0 spiro atoms. The second kappa shape index (κ2) is 14.2. The first-order valence-corrected chi connectivity index (χ1v) is 9.11. The zero-order valence-electron chi connectivity index (χ0n) is 13.4. The molecule has 0 aromatic heterocycles. The van der Waals surface area contributed by atoms with E-state index in [0.29, 0.717) is 6.42 Å². The zero-order chi connectivity index (χ0) is 15.1. The summed E-state index contributed by atoms with van der Waals surface area (Å²) in [5.74, 6) is 0.127. The highest BCUT2D eigenvalue weighted by atomic mass is 35.5. The number of halogens is 1. The summed E-state index contributed by atoms with van der Waals surface area (Å²) in [5, 5.41) is 18.8. The van der Waals surface area contributed by atoms with Gasteiger partial charge in [-0.05, 0) is 6.42 Å². The maximum atomic E-state index is 9.81. The summed E-state index contributed by atoms with van der Waals surface area (Å²) in [6.07, 6.45) is 16.3. The summed E-state index contributed by atoms with van der Waals surface area (Å²) in [7, 11) is 0. The molecule has 0 aliphatic carbocycles. The van der Waals surface area contributed by atoms with Gasteiger partial charge < -0.3 is 10.2 Å². The van der Waals surface area contributed by atoms with Crippen molar-refractivity contribution in [3.05, 3.63) is 0 Å². The lowest BCUT2D eigenvalue weighted by atomic mass is 9.98. The topological polar surface area (TPSA) is 40.5 Å². The smallest absolute Gasteiger partial charge is 0.101 e. The van der Waals surface area contributed by atoms with Crippen LogP contribution in [-0.4, -0.2) is 28.3 Å². The molecule has 0 saturated heterocycles. The van der Waals surface area contributed by atoms with Crippen LogP contribution in [0.2, 0.25) is 0 Å². The number of hydrogen-bond acceptors (Lipinski definition) is 2. The van der Waals surface area contributed by atoms with Gasteiger partial charge in [0.15, 0.2) is 0 Å². The average molecular weight is 307 g/mol. The molecule has 0 aromatic rings. The van der Waals surface area contributed by atoms with Crippen LogP contribution >= 0.6 is 11.6 Å². The van der Waals surface area contributed by atoms with Crippen LogP contribution in [0, 0.1) is 0 Å².